The number of rotatable bonds is 2. The van der Waals surface area contributed by atoms with Crippen LogP contribution in [0, 0.1) is 0 Å². The van der Waals surface area contributed by atoms with Gasteiger partial charge in [-0.3, -0.25) is 0 Å². The third kappa shape index (κ3) is 2.16. The Bertz CT molecular complexity index is 87.1. The summed E-state index contributed by atoms with van der Waals surface area (Å²) < 4.78 is 0. The van der Waals surface area contributed by atoms with Gasteiger partial charge in [0.15, 0.2) is 0 Å². The molecule has 0 radical (unpaired) electrons. The lowest BCUT2D eigenvalue weighted by Gasteiger charge is -2.06. The Morgan fingerprint density at radius 3 is 3.00 bits per heavy atom. The van der Waals surface area contributed by atoms with E-state index in [1.54, 1.807) is 0 Å². The predicted molar refractivity (Wildman–Crippen MR) is 40.5 cm³/mol. The van der Waals surface area contributed by atoms with Gasteiger partial charge in [0.25, 0.3) is 0 Å². The van der Waals surface area contributed by atoms with Crippen molar-refractivity contribution in [1.82, 2.24) is 5.32 Å². The smallest absolute Gasteiger partial charge is 0.0506 e. The Hall–Kier alpha value is 0.270. The molecule has 3 heteroatoms. The number of aliphatic hydroxyl groups is 1. The lowest BCUT2D eigenvalue weighted by atomic mass is 10.2. The largest absolute Gasteiger partial charge is 0.396 e. The minimum Gasteiger partial charge on any atom is -0.396 e. The molecular formula is C6H13NOS. The summed E-state index contributed by atoms with van der Waals surface area (Å²) in [4.78, 5) is 0. The highest BCUT2D eigenvalue weighted by Crippen LogP contribution is 2.18. The van der Waals surface area contributed by atoms with Crippen LogP contribution in [-0.2, 0) is 0 Å². The zero-order chi connectivity index (χ0) is 6.69. The molecule has 0 amide bonds. The van der Waals surface area contributed by atoms with Gasteiger partial charge < -0.3 is 10.4 Å². The molecule has 1 saturated heterocycles. The Morgan fingerprint density at radius 2 is 2.56 bits per heavy atom. The van der Waals surface area contributed by atoms with Crippen LogP contribution in [0.4, 0.5) is 0 Å². The van der Waals surface area contributed by atoms with Gasteiger partial charge in [-0.2, -0.15) is 0 Å². The maximum atomic E-state index is 8.56. The molecule has 0 saturated carbocycles. The van der Waals surface area contributed by atoms with Gasteiger partial charge >= 0.3 is 0 Å². The second kappa shape index (κ2) is 3.44. The molecule has 1 fully saturated rings. The number of hydrogen-bond donors (Lipinski definition) is 2. The van der Waals surface area contributed by atoms with Gasteiger partial charge in [-0.05, 0) is 13.3 Å². The SMILES string of the molecule is CC1NC(CCO)CS1. The summed E-state index contributed by atoms with van der Waals surface area (Å²) in [5.41, 5.74) is 0. The Labute approximate surface area is 60.0 Å². The van der Waals surface area contributed by atoms with E-state index in [-0.39, 0.29) is 0 Å². The topological polar surface area (TPSA) is 32.3 Å². The summed E-state index contributed by atoms with van der Waals surface area (Å²) in [6.45, 7) is 2.47. The first-order valence-corrected chi connectivity index (χ1v) is 4.36. The van der Waals surface area contributed by atoms with Crippen molar-refractivity contribution in [3.63, 3.8) is 0 Å². The molecule has 2 N–H and O–H groups in total. The van der Waals surface area contributed by atoms with Crippen molar-refractivity contribution in [2.45, 2.75) is 24.8 Å². The minimum atomic E-state index is 0.310. The summed E-state index contributed by atoms with van der Waals surface area (Å²) in [5.74, 6) is 1.15. The zero-order valence-corrected chi connectivity index (χ0v) is 6.45. The average Bonchev–Trinajstić information content (AvgIpc) is 2.17. The monoisotopic (exact) mass is 147 g/mol. The molecule has 1 rings (SSSR count). The molecule has 1 aliphatic heterocycles. The Kier molecular flexibility index (Phi) is 2.82. The van der Waals surface area contributed by atoms with Gasteiger partial charge in [-0.15, -0.1) is 11.8 Å². The number of hydrogen-bond acceptors (Lipinski definition) is 3. The molecule has 0 aromatic carbocycles. The maximum absolute atomic E-state index is 8.56. The van der Waals surface area contributed by atoms with E-state index in [4.69, 9.17) is 5.11 Å². The zero-order valence-electron chi connectivity index (χ0n) is 5.63. The molecular weight excluding hydrogens is 134 g/mol. The molecule has 0 bridgehead atoms. The van der Waals surface area contributed by atoms with Crippen LogP contribution in [0.25, 0.3) is 0 Å². The first-order valence-electron chi connectivity index (χ1n) is 3.31. The second-order valence-electron chi connectivity index (χ2n) is 2.35. The van der Waals surface area contributed by atoms with Crippen molar-refractivity contribution >= 4 is 11.8 Å². The molecule has 1 aliphatic rings. The van der Waals surface area contributed by atoms with E-state index in [2.05, 4.69) is 12.2 Å². The fraction of sp³-hybridized carbons (Fsp3) is 1.00. The van der Waals surface area contributed by atoms with E-state index < -0.39 is 0 Å². The minimum absolute atomic E-state index is 0.310. The first kappa shape index (κ1) is 7.38. The third-order valence-electron chi connectivity index (χ3n) is 1.50. The van der Waals surface area contributed by atoms with E-state index in [1.807, 2.05) is 11.8 Å². The van der Waals surface area contributed by atoms with Crippen molar-refractivity contribution in [3.05, 3.63) is 0 Å². The highest BCUT2D eigenvalue weighted by molar-refractivity contribution is 8.00. The van der Waals surface area contributed by atoms with Gasteiger partial charge in [0, 0.05) is 18.4 Å². The molecule has 0 spiro atoms. The van der Waals surface area contributed by atoms with Crippen LogP contribution in [0.2, 0.25) is 0 Å². The standard InChI is InChI=1S/C6H13NOS/c1-5-7-6(2-3-8)4-9-5/h5-8H,2-4H2,1H3. The summed E-state index contributed by atoms with van der Waals surface area (Å²) in [6, 6.07) is 0.551. The fourth-order valence-electron chi connectivity index (χ4n) is 1.01. The van der Waals surface area contributed by atoms with Gasteiger partial charge in [-0.1, -0.05) is 0 Å². The molecule has 2 unspecified atom stereocenters. The molecule has 54 valence electrons. The van der Waals surface area contributed by atoms with Gasteiger partial charge in [0.05, 0.1) is 5.37 Å². The average molecular weight is 147 g/mol. The lowest BCUT2D eigenvalue weighted by Crippen LogP contribution is -2.28. The number of nitrogens with one attached hydrogen (secondary N) is 1. The van der Waals surface area contributed by atoms with Crippen LogP contribution in [0.3, 0.4) is 0 Å². The molecule has 1 heterocycles. The van der Waals surface area contributed by atoms with Crippen LogP contribution in [0.5, 0.6) is 0 Å². The van der Waals surface area contributed by atoms with Gasteiger partial charge in [0.1, 0.15) is 0 Å². The van der Waals surface area contributed by atoms with E-state index in [1.165, 1.54) is 0 Å². The number of aliphatic hydroxyl groups excluding tert-OH is 1. The van der Waals surface area contributed by atoms with Crippen molar-refractivity contribution in [2.24, 2.45) is 0 Å². The predicted octanol–water partition coefficient (Wildman–Crippen LogP) is 0.420. The lowest BCUT2D eigenvalue weighted by molar-refractivity contribution is 0.272. The van der Waals surface area contributed by atoms with Gasteiger partial charge in [0.2, 0.25) is 0 Å². The van der Waals surface area contributed by atoms with Crippen molar-refractivity contribution in [1.29, 1.82) is 0 Å². The number of thioether (sulfide) groups is 1. The van der Waals surface area contributed by atoms with Crippen molar-refractivity contribution < 1.29 is 5.11 Å². The third-order valence-corrected chi connectivity index (χ3v) is 2.73. The quantitative estimate of drug-likeness (QED) is 0.593. The van der Waals surface area contributed by atoms with Crippen molar-refractivity contribution in [2.75, 3.05) is 12.4 Å². The van der Waals surface area contributed by atoms with Crippen LogP contribution < -0.4 is 5.32 Å². The molecule has 2 nitrogen and oxygen atoms in total. The summed E-state index contributed by atoms with van der Waals surface area (Å²) in [6.07, 6.45) is 0.900. The summed E-state index contributed by atoms with van der Waals surface area (Å²) >= 11 is 1.92. The highest BCUT2D eigenvalue weighted by Gasteiger charge is 2.19. The molecule has 9 heavy (non-hydrogen) atoms. The van der Waals surface area contributed by atoms with E-state index >= 15 is 0 Å². The Balaban J connectivity index is 2.14. The van der Waals surface area contributed by atoms with Crippen LogP contribution in [0.15, 0.2) is 0 Å². The van der Waals surface area contributed by atoms with E-state index in [0.717, 1.165) is 12.2 Å². The molecule has 0 aromatic rings. The highest BCUT2D eigenvalue weighted by atomic mass is 32.2. The maximum Gasteiger partial charge on any atom is 0.0506 e. The second-order valence-corrected chi connectivity index (χ2v) is 3.73. The normalized spacial score (nSPS) is 35.3. The first-order chi connectivity index (χ1) is 4.33. The van der Waals surface area contributed by atoms with Crippen LogP contribution >= 0.6 is 11.8 Å². The molecule has 0 aliphatic carbocycles. The molecule has 0 aromatic heterocycles. The summed E-state index contributed by atoms with van der Waals surface area (Å²) in [7, 11) is 0. The van der Waals surface area contributed by atoms with E-state index in [9.17, 15) is 0 Å². The fourth-order valence-corrected chi connectivity index (χ4v) is 2.08. The van der Waals surface area contributed by atoms with E-state index in [0.29, 0.717) is 18.0 Å². The van der Waals surface area contributed by atoms with Gasteiger partial charge in [-0.25, -0.2) is 0 Å². The van der Waals surface area contributed by atoms with Crippen molar-refractivity contribution in [3.8, 4) is 0 Å². The van der Waals surface area contributed by atoms with Crippen LogP contribution in [-0.4, -0.2) is 28.9 Å². The van der Waals surface area contributed by atoms with Crippen LogP contribution in [0.1, 0.15) is 13.3 Å². The molecule has 2 atom stereocenters. The Morgan fingerprint density at radius 1 is 1.78 bits per heavy atom. The summed E-state index contributed by atoms with van der Waals surface area (Å²) in [5, 5.41) is 12.5.